The lowest BCUT2D eigenvalue weighted by molar-refractivity contribution is 0.265. The highest BCUT2D eigenvalue weighted by Gasteiger charge is 2.11. The first-order valence-electron chi connectivity index (χ1n) is 7.34. The van der Waals surface area contributed by atoms with Crippen LogP contribution in [0.2, 0.25) is 5.02 Å². The van der Waals surface area contributed by atoms with E-state index in [0.29, 0.717) is 6.61 Å². The molecule has 1 heterocycles. The molecule has 1 aromatic carbocycles. The molecule has 1 N–H and O–H groups in total. The van der Waals surface area contributed by atoms with Gasteiger partial charge < -0.3 is 10.1 Å². The lowest BCUT2D eigenvalue weighted by atomic mass is 10.1. The smallest absolute Gasteiger partial charge is 0.119 e. The van der Waals surface area contributed by atoms with Crippen LogP contribution in [0.15, 0.2) is 36.7 Å². The maximum atomic E-state index is 5.87. The normalized spacial score (nSPS) is 12.3. The van der Waals surface area contributed by atoms with Crippen molar-refractivity contribution in [2.45, 2.75) is 32.9 Å². The first-order chi connectivity index (χ1) is 10.2. The fraction of sp³-hybridized carbons (Fsp3) is 0.438. The number of ether oxygens (including phenoxy) is 1. The molecule has 1 atom stereocenters. The Balaban J connectivity index is 1.90. The molecule has 0 bridgehead atoms. The topological polar surface area (TPSA) is 39.1 Å². The third kappa shape index (κ3) is 5.06. The number of aryl methyl sites for hydroxylation is 1. The number of hydrogen-bond donors (Lipinski definition) is 1. The van der Waals surface area contributed by atoms with Gasteiger partial charge in [-0.2, -0.15) is 5.10 Å². The van der Waals surface area contributed by atoms with Gasteiger partial charge in [-0.25, -0.2) is 0 Å². The second-order valence-electron chi connectivity index (χ2n) is 4.93. The largest absolute Gasteiger partial charge is 0.492 e. The number of nitrogens with zero attached hydrogens (tertiary/aromatic N) is 2. The summed E-state index contributed by atoms with van der Waals surface area (Å²) < 4.78 is 7.78. The van der Waals surface area contributed by atoms with Crippen LogP contribution in [-0.2, 0) is 13.0 Å². The van der Waals surface area contributed by atoms with E-state index < -0.39 is 0 Å². The minimum Gasteiger partial charge on any atom is -0.492 e. The molecule has 21 heavy (non-hydrogen) atoms. The van der Waals surface area contributed by atoms with Gasteiger partial charge in [-0.3, -0.25) is 4.68 Å². The standard InChI is InChI=1S/C16H22ClN3O/c1-3-18-15(9-13-10-19-20(4-2)11-13)12-21-16-7-5-14(17)6-8-16/h5-8,10-11,15,18H,3-4,9,12H2,1-2H3. The number of aromatic nitrogens is 2. The van der Waals surface area contributed by atoms with E-state index in [1.54, 1.807) is 0 Å². The Bertz CT molecular complexity index is 539. The molecule has 0 amide bonds. The van der Waals surface area contributed by atoms with Gasteiger partial charge in [-0.1, -0.05) is 18.5 Å². The van der Waals surface area contributed by atoms with Crippen LogP contribution in [-0.4, -0.2) is 29.0 Å². The number of benzene rings is 1. The predicted octanol–water partition coefficient (Wildman–Crippen LogP) is 3.16. The van der Waals surface area contributed by atoms with Gasteiger partial charge in [0, 0.05) is 23.8 Å². The molecule has 114 valence electrons. The third-order valence-corrected chi connectivity index (χ3v) is 3.50. The van der Waals surface area contributed by atoms with E-state index in [-0.39, 0.29) is 6.04 Å². The van der Waals surface area contributed by atoms with Crippen LogP contribution >= 0.6 is 11.6 Å². The Kier molecular flexibility index (Phi) is 6.08. The first kappa shape index (κ1) is 15.9. The van der Waals surface area contributed by atoms with E-state index >= 15 is 0 Å². The van der Waals surface area contributed by atoms with Crippen LogP contribution in [0.25, 0.3) is 0 Å². The monoisotopic (exact) mass is 307 g/mol. The maximum Gasteiger partial charge on any atom is 0.119 e. The van der Waals surface area contributed by atoms with Gasteiger partial charge >= 0.3 is 0 Å². The quantitative estimate of drug-likeness (QED) is 0.814. The van der Waals surface area contributed by atoms with E-state index in [1.807, 2.05) is 35.1 Å². The van der Waals surface area contributed by atoms with Gasteiger partial charge in [0.15, 0.2) is 0 Å². The molecule has 0 aliphatic carbocycles. The molecule has 1 unspecified atom stereocenters. The number of hydrogen-bond acceptors (Lipinski definition) is 3. The molecule has 0 aliphatic heterocycles. The lowest BCUT2D eigenvalue weighted by Gasteiger charge is -2.18. The fourth-order valence-corrected chi connectivity index (χ4v) is 2.30. The molecule has 0 saturated heterocycles. The summed E-state index contributed by atoms with van der Waals surface area (Å²) in [5, 5.41) is 8.48. The minimum atomic E-state index is 0.264. The molecule has 2 rings (SSSR count). The fourth-order valence-electron chi connectivity index (χ4n) is 2.18. The van der Waals surface area contributed by atoms with Crippen molar-refractivity contribution in [3.63, 3.8) is 0 Å². The Morgan fingerprint density at radius 3 is 2.67 bits per heavy atom. The van der Waals surface area contributed by atoms with Crippen molar-refractivity contribution >= 4 is 11.6 Å². The zero-order valence-corrected chi connectivity index (χ0v) is 13.3. The van der Waals surface area contributed by atoms with E-state index in [2.05, 4.69) is 30.5 Å². The molecule has 1 aromatic heterocycles. The summed E-state index contributed by atoms with van der Waals surface area (Å²) >= 11 is 5.87. The van der Waals surface area contributed by atoms with Crippen molar-refractivity contribution in [1.82, 2.24) is 15.1 Å². The number of rotatable bonds is 8. The summed E-state index contributed by atoms with van der Waals surface area (Å²) in [7, 11) is 0. The van der Waals surface area contributed by atoms with Crippen LogP contribution in [0.3, 0.4) is 0 Å². The average molecular weight is 308 g/mol. The summed E-state index contributed by atoms with van der Waals surface area (Å²) in [5.41, 5.74) is 1.22. The third-order valence-electron chi connectivity index (χ3n) is 3.25. The van der Waals surface area contributed by atoms with Gasteiger partial charge in [0.05, 0.1) is 6.20 Å². The number of nitrogens with one attached hydrogen (secondary N) is 1. The van der Waals surface area contributed by atoms with Crippen molar-refractivity contribution in [2.75, 3.05) is 13.2 Å². The van der Waals surface area contributed by atoms with Gasteiger partial charge in [-0.05, 0) is 49.7 Å². The van der Waals surface area contributed by atoms with Crippen molar-refractivity contribution < 1.29 is 4.74 Å². The van der Waals surface area contributed by atoms with Gasteiger partial charge in [0.2, 0.25) is 0 Å². The average Bonchev–Trinajstić information content (AvgIpc) is 2.94. The van der Waals surface area contributed by atoms with E-state index in [1.165, 1.54) is 5.56 Å². The zero-order chi connectivity index (χ0) is 15.1. The second kappa shape index (κ2) is 8.05. The molecule has 0 spiro atoms. The number of halogens is 1. The highest BCUT2D eigenvalue weighted by atomic mass is 35.5. The molecule has 4 nitrogen and oxygen atoms in total. The molecule has 0 aliphatic rings. The Labute approximate surface area is 131 Å². The maximum absolute atomic E-state index is 5.87. The summed E-state index contributed by atoms with van der Waals surface area (Å²) in [5.74, 6) is 0.839. The van der Waals surface area contributed by atoms with Crippen LogP contribution in [0.5, 0.6) is 5.75 Å². The van der Waals surface area contributed by atoms with E-state index in [9.17, 15) is 0 Å². The molecule has 2 aromatic rings. The van der Waals surface area contributed by atoms with Crippen molar-refractivity contribution in [2.24, 2.45) is 0 Å². The molecule has 0 fully saturated rings. The summed E-state index contributed by atoms with van der Waals surface area (Å²) in [4.78, 5) is 0. The lowest BCUT2D eigenvalue weighted by Crippen LogP contribution is -2.36. The van der Waals surface area contributed by atoms with Crippen LogP contribution in [0.1, 0.15) is 19.4 Å². The predicted molar refractivity (Wildman–Crippen MR) is 86.0 cm³/mol. The minimum absolute atomic E-state index is 0.264. The zero-order valence-electron chi connectivity index (χ0n) is 12.6. The summed E-state index contributed by atoms with van der Waals surface area (Å²) in [6, 6.07) is 7.72. The van der Waals surface area contributed by atoms with Gasteiger partial charge in [0.25, 0.3) is 0 Å². The highest BCUT2D eigenvalue weighted by molar-refractivity contribution is 6.30. The molecular weight excluding hydrogens is 286 g/mol. The Morgan fingerprint density at radius 1 is 1.29 bits per heavy atom. The highest BCUT2D eigenvalue weighted by Crippen LogP contribution is 2.16. The Morgan fingerprint density at radius 2 is 2.05 bits per heavy atom. The summed E-state index contributed by atoms with van der Waals surface area (Å²) in [6.07, 6.45) is 4.92. The molecule has 5 heteroatoms. The van der Waals surface area contributed by atoms with E-state index in [4.69, 9.17) is 16.3 Å². The van der Waals surface area contributed by atoms with Crippen LogP contribution < -0.4 is 10.1 Å². The van der Waals surface area contributed by atoms with E-state index in [0.717, 1.165) is 30.3 Å². The van der Waals surface area contributed by atoms with Gasteiger partial charge in [0.1, 0.15) is 12.4 Å². The van der Waals surface area contributed by atoms with Crippen molar-refractivity contribution in [3.8, 4) is 5.75 Å². The molecule has 0 saturated carbocycles. The van der Waals surface area contributed by atoms with Crippen LogP contribution in [0.4, 0.5) is 0 Å². The number of likely N-dealkylation sites (N-methyl/N-ethyl adjacent to an activating group) is 1. The molecular formula is C16H22ClN3O. The van der Waals surface area contributed by atoms with Crippen molar-refractivity contribution in [1.29, 1.82) is 0 Å². The van der Waals surface area contributed by atoms with Crippen molar-refractivity contribution in [3.05, 3.63) is 47.2 Å². The SMILES string of the molecule is CCNC(COc1ccc(Cl)cc1)Cc1cnn(CC)c1. The van der Waals surface area contributed by atoms with Gasteiger partial charge in [-0.15, -0.1) is 0 Å². The molecule has 0 radical (unpaired) electrons. The van der Waals surface area contributed by atoms with Crippen LogP contribution in [0, 0.1) is 0 Å². The Hall–Kier alpha value is -1.52. The summed E-state index contributed by atoms with van der Waals surface area (Å²) in [6.45, 7) is 6.61. The first-order valence-corrected chi connectivity index (χ1v) is 7.72. The second-order valence-corrected chi connectivity index (χ2v) is 5.36.